The minimum Gasteiger partial charge on any atom is -0.394 e. The van der Waals surface area contributed by atoms with Gasteiger partial charge in [0.15, 0.2) is 12.6 Å². The average Bonchev–Trinajstić information content (AvgIpc) is 3.19. The maximum absolute atomic E-state index is 12.9. The minimum atomic E-state index is -1.79. The largest absolute Gasteiger partial charge is 0.394 e. The molecule has 56 heavy (non-hydrogen) atoms. The second-order valence-corrected chi connectivity index (χ2v) is 15.1. The number of nitrogens with one attached hydrogen (secondary N) is 1. The van der Waals surface area contributed by atoms with Crippen LogP contribution < -0.4 is 5.32 Å². The number of aliphatic hydroxyl groups is 8. The zero-order valence-electron chi connectivity index (χ0n) is 33.9. The molecule has 0 radical (unpaired) electrons. The Kier molecular flexibility index (Phi) is 27.2. The molecule has 14 nitrogen and oxygen atoms in total. The van der Waals surface area contributed by atoms with Crippen LogP contribution >= 0.6 is 0 Å². The summed E-state index contributed by atoms with van der Waals surface area (Å²) >= 11 is 0. The first-order valence-electron chi connectivity index (χ1n) is 21.2. The molecule has 0 aliphatic carbocycles. The van der Waals surface area contributed by atoms with Crippen LogP contribution in [0.5, 0.6) is 0 Å². The number of ether oxygens (including phenoxy) is 4. The van der Waals surface area contributed by atoms with Gasteiger partial charge in [0.1, 0.15) is 48.8 Å². The summed E-state index contributed by atoms with van der Waals surface area (Å²) < 4.78 is 22.5. The third-order valence-corrected chi connectivity index (χ3v) is 10.3. The van der Waals surface area contributed by atoms with E-state index in [0.29, 0.717) is 12.8 Å². The summed E-state index contributed by atoms with van der Waals surface area (Å²) in [5, 5.41) is 86.0. The molecular formula is C42H75NO13. The lowest BCUT2D eigenvalue weighted by Gasteiger charge is -2.46. The first-order valence-corrected chi connectivity index (χ1v) is 21.2. The molecule has 326 valence electrons. The van der Waals surface area contributed by atoms with E-state index in [1.54, 1.807) is 6.08 Å². The van der Waals surface area contributed by atoms with E-state index in [0.717, 1.165) is 57.8 Å². The second-order valence-electron chi connectivity index (χ2n) is 15.1. The van der Waals surface area contributed by atoms with E-state index in [2.05, 4.69) is 43.5 Å². The van der Waals surface area contributed by atoms with Gasteiger partial charge in [0.05, 0.1) is 32.0 Å². The zero-order chi connectivity index (χ0) is 41.1. The highest BCUT2D eigenvalue weighted by atomic mass is 16.7. The van der Waals surface area contributed by atoms with Crippen molar-refractivity contribution in [1.29, 1.82) is 0 Å². The van der Waals surface area contributed by atoms with Gasteiger partial charge < -0.3 is 65.1 Å². The topological polar surface area (TPSA) is 228 Å². The lowest BCUT2D eigenvalue weighted by Crippen LogP contribution is -2.65. The maximum Gasteiger partial charge on any atom is 0.220 e. The van der Waals surface area contributed by atoms with Gasteiger partial charge in [-0.2, -0.15) is 0 Å². The number of hydrogen-bond acceptors (Lipinski definition) is 13. The fraction of sp³-hybridized carbons (Fsp3) is 0.833. The summed E-state index contributed by atoms with van der Waals surface area (Å²) in [5.74, 6) is -0.267. The van der Waals surface area contributed by atoms with Gasteiger partial charge in [-0.05, 0) is 44.9 Å². The molecule has 12 unspecified atom stereocenters. The number of allylic oxidation sites excluding steroid dienone is 5. The van der Waals surface area contributed by atoms with Crippen molar-refractivity contribution in [2.45, 2.75) is 203 Å². The molecule has 0 aromatic heterocycles. The van der Waals surface area contributed by atoms with Crippen molar-refractivity contribution in [3.63, 3.8) is 0 Å². The number of aliphatic hydroxyl groups excluding tert-OH is 8. The molecular weight excluding hydrogens is 726 g/mol. The summed E-state index contributed by atoms with van der Waals surface area (Å²) in [6.07, 6.45) is 13.8. The number of carbonyl (C=O) groups is 1. The first kappa shape index (κ1) is 50.4. The normalized spacial score (nSPS) is 29.8. The van der Waals surface area contributed by atoms with Crippen molar-refractivity contribution >= 4 is 5.91 Å². The highest BCUT2D eigenvalue weighted by Gasteiger charge is 2.50. The summed E-state index contributed by atoms with van der Waals surface area (Å²) in [4.78, 5) is 12.9. The molecule has 0 aromatic carbocycles. The third-order valence-electron chi connectivity index (χ3n) is 10.3. The monoisotopic (exact) mass is 802 g/mol. The molecule has 2 rings (SSSR count). The predicted molar refractivity (Wildman–Crippen MR) is 212 cm³/mol. The molecule has 2 saturated heterocycles. The highest BCUT2D eigenvalue weighted by molar-refractivity contribution is 5.76. The lowest BCUT2D eigenvalue weighted by atomic mass is 9.97. The number of amides is 1. The van der Waals surface area contributed by atoms with Crippen LogP contribution in [-0.2, 0) is 23.7 Å². The smallest absolute Gasteiger partial charge is 0.220 e. The standard InChI is InChI=1S/C42H75NO13/c1-3-5-7-9-11-12-13-14-15-16-17-18-19-20-21-23-25-31(46)30(43-34(47)26-24-22-10-8-6-4-2)29-53-41-39(52)37(50)40(33(28-45)55-41)56-42-38(51)36(49)35(48)32(27-44)54-42/h14-15,18-19,23,25,30-33,35-42,44-46,48-52H,3-13,16-17,20-22,24,26-29H2,1-2H3,(H,43,47)/b15-14+,19-18+,25-23+. The van der Waals surface area contributed by atoms with Crippen molar-refractivity contribution in [3.8, 4) is 0 Å². The molecule has 14 heteroatoms. The number of carbonyl (C=O) groups excluding carboxylic acids is 1. The van der Waals surface area contributed by atoms with Crippen LogP contribution in [0.25, 0.3) is 0 Å². The fourth-order valence-corrected chi connectivity index (χ4v) is 6.73. The lowest BCUT2D eigenvalue weighted by molar-refractivity contribution is -0.359. The molecule has 2 heterocycles. The number of rotatable bonds is 30. The Morgan fingerprint density at radius 1 is 0.625 bits per heavy atom. The van der Waals surface area contributed by atoms with Crippen molar-refractivity contribution in [3.05, 3.63) is 36.5 Å². The molecule has 2 aliphatic rings. The summed E-state index contributed by atoms with van der Waals surface area (Å²) in [6.45, 7) is 2.63. The van der Waals surface area contributed by atoms with E-state index in [1.807, 2.05) is 6.08 Å². The van der Waals surface area contributed by atoms with E-state index < -0.39 is 86.8 Å². The van der Waals surface area contributed by atoms with Gasteiger partial charge in [-0.3, -0.25) is 4.79 Å². The Morgan fingerprint density at radius 2 is 1.14 bits per heavy atom. The molecule has 1 amide bonds. The maximum atomic E-state index is 12.9. The van der Waals surface area contributed by atoms with Crippen molar-refractivity contribution < 1.29 is 64.6 Å². The number of unbranched alkanes of at least 4 members (excludes halogenated alkanes) is 13. The summed E-state index contributed by atoms with van der Waals surface area (Å²) in [7, 11) is 0. The zero-order valence-corrected chi connectivity index (χ0v) is 33.9. The molecule has 0 saturated carbocycles. The number of hydrogen-bond donors (Lipinski definition) is 9. The molecule has 2 aliphatic heterocycles. The van der Waals surface area contributed by atoms with Crippen molar-refractivity contribution in [2.24, 2.45) is 0 Å². The van der Waals surface area contributed by atoms with E-state index in [-0.39, 0.29) is 18.9 Å². The van der Waals surface area contributed by atoms with Gasteiger partial charge >= 0.3 is 0 Å². The van der Waals surface area contributed by atoms with Crippen LogP contribution in [0.3, 0.4) is 0 Å². The van der Waals surface area contributed by atoms with Gasteiger partial charge in [0.25, 0.3) is 0 Å². The van der Waals surface area contributed by atoms with E-state index in [1.165, 1.54) is 38.5 Å². The van der Waals surface area contributed by atoms with Crippen LogP contribution in [0.15, 0.2) is 36.5 Å². The van der Waals surface area contributed by atoms with E-state index >= 15 is 0 Å². The third kappa shape index (κ3) is 18.9. The van der Waals surface area contributed by atoms with Gasteiger partial charge in [0.2, 0.25) is 5.91 Å². The SMILES string of the molecule is CCCCCCCC/C=C/CC/C=C/CC/C=C/C(O)C(COC1OC(CO)C(OC2OC(CO)C(O)C(O)C2O)C(O)C1O)NC(=O)CCCCCCCC. The van der Waals surface area contributed by atoms with Crippen LogP contribution in [-0.4, -0.2) is 140 Å². The summed E-state index contributed by atoms with van der Waals surface area (Å²) in [5.41, 5.74) is 0. The van der Waals surface area contributed by atoms with Crippen LogP contribution in [0, 0.1) is 0 Å². The van der Waals surface area contributed by atoms with Gasteiger partial charge in [0, 0.05) is 6.42 Å². The highest BCUT2D eigenvalue weighted by Crippen LogP contribution is 2.29. The Morgan fingerprint density at radius 3 is 1.75 bits per heavy atom. The van der Waals surface area contributed by atoms with Gasteiger partial charge in [-0.15, -0.1) is 0 Å². The molecule has 9 N–H and O–H groups in total. The molecule has 2 fully saturated rings. The molecule has 0 spiro atoms. The molecule has 12 atom stereocenters. The van der Waals surface area contributed by atoms with Crippen molar-refractivity contribution in [2.75, 3.05) is 19.8 Å². The average molecular weight is 802 g/mol. The fourth-order valence-electron chi connectivity index (χ4n) is 6.73. The quantitative estimate of drug-likeness (QED) is 0.0376. The van der Waals surface area contributed by atoms with Gasteiger partial charge in [-0.25, -0.2) is 0 Å². The van der Waals surface area contributed by atoms with Crippen LogP contribution in [0.1, 0.15) is 129 Å². The van der Waals surface area contributed by atoms with Crippen LogP contribution in [0.2, 0.25) is 0 Å². The van der Waals surface area contributed by atoms with Crippen molar-refractivity contribution in [1.82, 2.24) is 5.32 Å². The Labute approximate surface area is 334 Å². The minimum absolute atomic E-state index is 0.267. The van der Waals surface area contributed by atoms with E-state index in [4.69, 9.17) is 18.9 Å². The first-order chi connectivity index (χ1) is 27.1. The predicted octanol–water partition coefficient (Wildman–Crippen LogP) is 3.20. The Bertz CT molecular complexity index is 1090. The Hall–Kier alpha value is -1.79. The second kappa shape index (κ2) is 30.3. The van der Waals surface area contributed by atoms with Crippen LogP contribution in [0.4, 0.5) is 0 Å². The Balaban J connectivity index is 1.93. The van der Waals surface area contributed by atoms with Gasteiger partial charge in [-0.1, -0.05) is 115 Å². The molecule has 0 bridgehead atoms. The van der Waals surface area contributed by atoms with E-state index in [9.17, 15) is 45.6 Å². The summed E-state index contributed by atoms with van der Waals surface area (Å²) in [6, 6.07) is -0.930. The molecule has 0 aromatic rings.